The highest BCUT2D eigenvalue weighted by atomic mass is 16.5. The molecule has 1 aromatic rings. The molecule has 1 atom stereocenters. The number of esters is 1. The molecule has 90 valence electrons. The average molecular weight is 227 g/mol. The molecule has 0 bridgehead atoms. The Hall–Kier alpha value is -1.43. The third-order valence-corrected chi connectivity index (χ3v) is 2.14. The van der Waals surface area contributed by atoms with Gasteiger partial charge in [0.05, 0.1) is 13.2 Å². The summed E-state index contributed by atoms with van der Waals surface area (Å²) in [6.45, 7) is 6.62. The van der Waals surface area contributed by atoms with Crippen molar-refractivity contribution < 1.29 is 14.1 Å². The zero-order valence-electron chi connectivity index (χ0n) is 9.82. The van der Waals surface area contributed by atoms with Crippen LogP contribution >= 0.6 is 0 Å². The topological polar surface area (TPSA) is 77.2 Å². The van der Waals surface area contributed by atoms with Gasteiger partial charge < -0.3 is 14.6 Å². The van der Waals surface area contributed by atoms with Gasteiger partial charge >= 0.3 is 5.97 Å². The second-order valence-electron chi connectivity index (χ2n) is 3.42. The van der Waals surface area contributed by atoms with Gasteiger partial charge in [0.15, 0.2) is 0 Å². The standard InChI is InChI=1S/C10H17N3O3/c1-4-7(3)11-6-8-12-9(13-16-8)10(14)15-5-2/h7,11H,4-6H2,1-3H3. The van der Waals surface area contributed by atoms with Crippen LogP contribution in [0.25, 0.3) is 0 Å². The normalized spacial score (nSPS) is 12.4. The Morgan fingerprint density at radius 2 is 2.31 bits per heavy atom. The lowest BCUT2D eigenvalue weighted by Crippen LogP contribution is -2.24. The lowest BCUT2D eigenvalue weighted by molar-refractivity contribution is 0.0508. The van der Waals surface area contributed by atoms with Crippen LogP contribution in [0.5, 0.6) is 0 Å². The third-order valence-electron chi connectivity index (χ3n) is 2.14. The van der Waals surface area contributed by atoms with Gasteiger partial charge in [-0.1, -0.05) is 6.92 Å². The maximum atomic E-state index is 11.2. The van der Waals surface area contributed by atoms with Crippen molar-refractivity contribution in [1.29, 1.82) is 0 Å². The molecule has 0 amide bonds. The molecule has 1 unspecified atom stereocenters. The molecule has 0 fully saturated rings. The highest BCUT2D eigenvalue weighted by molar-refractivity contribution is 5.84. The van der Waals surface area contributed by atoms with E-state index in [0.717, 1.165) is 6.42 Å². The van der Waals surface area contributed by atoms with E-state index in [2.05, 4.69) is 29.3 Å². The molecule has 1 N–H and O–H groups in total. The molecular formula is C10H17N3O3. The number of nitrogens with zero attached hydrogens (tertiary/aromatic N) is 2. The van der Waals surface area contributed by atoms with E-state index in [-0.39, 0.29) is 5.82 Å². The Bertz CT molecular complexity index is 338. The first-order valence-corrected chi connectivity index (χ1v) is 5.40. The summed E-state index contributed by atoms with van der Waals surface area (Å²) in [5.74, 6) is -0.188. The van der Waals surface area contributed by atoms with Gasteiger partial charge in [-0.05, 0) is 25.4 Å². The van der Waals surface area contributed by atoms with E-state index in [0.29, 0.717) is 25.1 Å². The van der Waals surface area contributed by atoms with Crippen LogP contribution in [-0.2, 0) is 11.3 Å². The number of nitrogens with one attached hydrogen (secondary N) is 1. The molecule has 1 rings (SSSR count). The summed E-state index contributed by atoms with van der Waals surface area (Å²) < 4.78 is 9.65. The molecule has 6 heteroatoms. The number of hydrogen-bond acceptors (Lipinski definition) is 6. The zero-order chi connectivity index (χ0) is 12.0. The Kier molecular flexibility index (Phi) is 4.91. The first-order valence-electron chi connectivity index (χ1n) is 5.40. The van der Waals surface area contributed by atoms with E-state index in [4.69, 9.17) is 9.26 Å². The van der Waals surface area contributed by atoms with Crippen LogP contribution in [-0.4, -0.2) is 28.8 Å². The van der Waals surface area contributed by atoms with Crippen molar-refractivity contribution in [2.75, 3.05) is 6.61 Å². The van der Waals surface area contributed by atoms with Crippen molar-refractivity contribution in [3.05, 3.63) is 11.7 Å². The van der Waals surface area contributed by atoms with Crippen molar-refractivity contribution in [2.24, 2.45) is 0 Å². The number of hydrogen-bond donors (Lipinski definition) is 1. The van der Waals surface area contributed by atoms with E-state index < -0.39 is 5.97 Å². The zero-order valence-corrected chi connectivity index (χ0v) is 9.82. The molecule has 0 spiro atoms. The minimum Gasteiger partial charge on any atom is -0.460 e. The van der Waals surface area contributed by atoms with E-state index in [1.165, 1.54) is 0 Å². The first kappa shape index (κ1) is 12.6. The van der Waals surface area contributed by atoms with Crippen molar-refractivity contribution >= 4 is 5.97 Å². The minimum absolute atomic E-state index is 0.0252. The average Bonchev–Trinajstić information content (AvgIpc) is 2.75. The van der Waals surface area contributed by atoms with Crippen molar-refractivity contribution in [3.63, 3.8) is 0 Å². The number of carbonyl (C=O) groups is 1. The third kappa shape index (κ3) is 3.62. The summed E-state index contributed by atoms with van der Waals surface area (Å²) in [7, 11) is 0. The van der Waals surface area contributed by atoms with E-state index in [1.54, 1.807) is 6.92 Å². The molecule has 0 saturated carbocycles. The monoisotopic (exact) mass is 227 g/mol. The summed E-state index contributed by atoms with van der Waals surface area (Å²) in [6.07, 6.45) is 1.01. The Balaban J connectivity index is 2.48. The largest absolute Gasteiger partial charge is 0.460 e. The van der Waals surface area contributed by atoms with E-state index >= 15 is 0 Å². The first-order chi connectivity index (χ1) is 7.67. The van der Waals surface area contributed by atoms with Gasteiger partial charge in [-0.15, -0.1) is 0 Å². The predicted octanol–water partition coefficient (Wildman–Crippen LogP) is 1.13. The molecule has 0 saturated heterocycles. The maximum Gasteiger partial charge on any atom is 0.379 e. The van der Waals surface area contributed by atoms with Gasteiger partial charge in [-0.3, -0.25) is 0 Å². The fourth-order valence-corrected chi connectivity index (χ4v) is 1.01. The van der Waals surface area contributed by atoms with E-state index in [1.807, 2.05) is 0 Å². The molecule has 1 heterocycles. The summed E-state index contributed by atoms with van der Waals surface area (Å²) in [5, 5.41) is 6.72. The van der Waals surface area contributed by atoms with Gasteiger partial charge in [-0.25, -0.2) is 4.79 Å². The second-order valence-corrected chi connectivity index (χ2v) is 3.42. The van der Waals surface area contributed by atoms with Crippen LogP contribution in [0.3, 0.4) is 0 Å². The molecule has 6 nitrogen and oxygen atoms in total. The lowest BCUT2D eigenvalue weighted by Gasteiger charge is -2.07. The smallest absolute Gasteiger partial charge is 0.379 e. The summed E-state index contributed by atoms with van der Waals surface area (Å²) in [4.78, 5) is 15.1. The van der Waals surface area contributed by atoms with E-state index in [9.17, 15) is 4.79 Å². The van der Waals surface area contributed by atoms with Crippen LogP contribution in [0.2, 0.25) is 0 Å². The van der Waals surface area contributed by atoms with Crippen LogP contribution in [0.15, 0.2) is 4.52 Å². The molecule has 0 aliphatic carbocycles. The van der Waals surface area contributed by atoms with Crippen molar-refractivity contribution in [2.45, 2.75) is 39.8 Å². The van der Waals surface area contributed by atoms with Gasteiger partial charge in [0, 0.05) is 6.04 Å². The van der Waals surface area contributed by atoms with Gasteiger partial charge in [0.25, 0.3) is 5.82 Å². The number of aromatic nitrogens is 2. The molecule has 0 aliphatic heterocycles. The molecule has 0 radical (unpaired) electrons. The fourth-order valence-electron chi connectivity index (χ4n) is 1.01. The van der Waals surface area contributed by atoms with Gasteiger partial charge in [0.1, 0.15) is 0 Å². The lowest BCUT2D eigenvalue weighted by atomic mass is 10.3. The molecule has 1 aromatic heterocycles. The van der Waals surface area contributed by atoms with Crippen LogP contribution < -0.4 is 5.32 Å². The number of ether oxygens (including phenoxy) is 1. The van der Waals surface area contributed by atoms with Gasteiger partial charge in [-0.2, -0.15) is 4.98 Å². The molecule has 0 aromatic carbocycles. The minimum atomic E-state index is -0.555. The SMILES string of the molecule is CCOC(=O)c1noc(CNC(C)CC)n1. The Morgan fingerprint density at radius 1 is 1.56 bits per heavy atom. The predicted molar refractivity (Wildman–Crippen MR) is 56.8 cm³/mol. The number of rotatable bonds is 6. The summed E-state index contributed by atoms with van der Waals surface area (Å²) >= 11 is 0. The van der Waals surface area contributed by atoms with Crippen molar-refractivity contribution in [1.82, 2.24) is 15.5 Å². The molecule has 0 aliphatic rings. The summed E-state index contributed by atoms with van der Waals surface area (Å²) in [5.41, 5.74) is 0. The number of carbonyl (C=O) groups excluding carboxylic acids is 1. The highest BCUT2D eigenvalue weighted by Gasteiger charge is 2.15. The maximum absolute atomic E-state index is 11.2. The van der Waals surface area contributed by atoms with Crippen LogP contribution in [0, 0.1) is 0 Å². The van der Waals surface area contributed by atoms with Gasteiger partial charge in [0.2, 0.25) is 5.89 Å². The van der Waals surface area contributed by atoms with Crippen LogP contribution in [0.4, 0.5) is 0 Å². The summed E-state index contributed by atoms with van der Waals surface area (Å²) in [6, 6.07) is 0.373. The highest BCUT2D eigenvalue weighted by Crippen LogP contribution is 2.00. The second kappa shape index (κ2) is 6.22. The van der Waals surface area contributed by atoms with Crippen molar-refractivity contribution in [3.8, 4) is 0 Å². The quantitative estimate of drug-likeness (QED) is 0.734. The van der Waals surface area contributed by atoms with Crippen LogP contribution in [0.1, 0.15) is 43.7 Å². The fraction of sp³-hybridized carbons (Fsp3) is 0.700. The molecule has 16 heavy (non-hydrogen) atoms. The molecular weight excluding hydrogens is 210 g/mol. The Morgan fingerprint density at radius 3 is 2.94 bits per heavy atom. The Labute approximate surface area is 94.4 Å².